The summed E-state index contributed by atoms with van der Waals surface area (Å²) < 4.78 is 6.73. The number of hydrogen-bond donors (Lipinski definition) is 3. The van der Waals surface area contributed by atoms with Crippen LogP contribution in [0.15, 0.2) is 42.7 Å². The zero-order valence-corrected chi connectivity index (χ0v) is 13.8. The Kier molecular flexibility index (Phi) is 6.34. The molecule has 0 radical (unpaired) electrons. The van der Waals surface area contributed by atoms with Crippen molar-refractivity contribution in [2.45, 2.75) is 38.7 Å². The van der Waals surface area contributed by atoms with Gasteiger partial charge >= 0.3 is 6.09 Å². The van der Waals surface area contributed by atoms with Crippen molar-refractivity contribution >= 4 is 6.09 Å². The third-order valence-corrected chi connectivity index (χ3v) is 3.52. The van der Waals surface area contributed by atoms with Crippen molar-refractivity contribution in [3.05, 3.63) is 53.9 Å². The highest BCUT2D eigenvalue weighted by atomic mass is 16.5. The highest BCUT2D eigenvalue weighted by molar-refractivity contribution is 5.67. The summed E-state index contributed by atoms with van der Waals surface area (Å²) in [6.07, 6.45) is 0.238. The van der Waals surface area contributed by atoms with Crippen molar-refractivity contribution in [3.8, 4) is 0 Å². The molecule has 3 N–H and O–H groups in total. The first-order valence-corrected chi connectivity index (χ1v) is 7.82. The van der Waals surface area contributed by atoms with Crippen LogP contribution < -0.4 is 5.32 Å². The number of hydrogen-bond acceptors (Lipinski definition) is 5. The first-order valence-electron chi connectivity index (χ1n) is 7.82. The molecule has 0 aliphatic heterocycles. The Morgan fingerprint density at radius 2 is 2.00 bits per heavy atom. The monoisotopic (exact) mass is 333 g/mol. The minimum absolute atomic E-state index is 0.123. The number of aromatic nitrogens is 2. The lowest BCUT2D eigenvalue weighted by Crippen LogP contribution is -2.35. The van der Waals surface area contributed by atoms with Crippen LogP contribution in [0.25, 0.3) is 0 Å². The number of ether oxygens (including phenoxy) is 1. The van der Waals surface area contributed by atoms with E-state index in [2.05, 4.69) is 10.4 Å². The van der Waals surface area contributed by atoms with Crippen molar-refractivity contribution in [2.24, 2.45) is 0 Å². The van der Waals surface area contributed by atoms with E-state index in [-0.39, 0.29) is 19.2 Å². The first-order chi connectivity index (χ1) is 11.5. The van der Waals surface area contributed by atoms with E-state index in [0.29, 0.717) is 5.56 Å². The van der Waals surface area contributed by atoms with Crippen LogP contribution in [-0.2, 0) is 11.3 Å². The minimum Gasteiger partial charge on any atom is -0.445 e. The average molecular weight is 333 g/mol. The van der Waals surface area contributed by atoms with Gasteiger partial charge in [-0.1, -0.05) is 30.3 Å². The Balaban J connectivity index is 1.76. The summed E-state index contributed by atoms with van der Waals surface area (Å²) in [5.41, 5.74) is 1.37. The molecule has 1 amide bonds. The van der Waals surface area contributed by atoms with Gasteiger partial charge in [0.05, 0.1) is 6.20 Å². The Morgan fingerprint density at radius 3 is 2.62 bits per heavy atom. The molecule has 0 saturated carbocycles. The Labute approximate surface area is 140 Å². The van der Waals surface area contributed by atoms with Crippen molar-refractivity contribution < 1.29 is 19.7 Å². The second-order valence-corrected chi connectivity index (χ2v) is 5.80. The van der Waals surface area contributed by atoms with Gasteiger partial charge in [0.2, 0.25) is 0 Å². The van der Waals surface area contributed by atoms with Crippen LogP contribution in [0.1, 0.15) is 37.1 Å². The van der Waals surface area contributed by atoms with Gasteiger partial charge in [0.25, 0.3) is 0 Å². The molecule has 130 valence electrons. The number of alkyl carbamates (subject to hydrolysis) is 1. The van der Waals surface area contributed by atoms with Crippen LogP contribution in [0, 0.1) is 0 Å². The lowest BCUT2D eigenvalue weighted by molar-refractivity contribution is 0.0183. The van der Waals surface area contributed by atoms with Gasteiger partial charge in [0, 0.05) is 24.3 Å². The van der Waals surface area contributed by atoms with Gasteiger partial charge < -0.3 is 20.3 Å². The predicted octanol–water partition coefficient (Wildman–Crippen LogP) is 1.78. The summed E-state index contributed by atoms with van der Waals surface area (Å²) in [6.45, 7) is 3.95. The molecule has 0 aliphatic carbocycles. The van der Waals surface area contributed by atoms with Crippen LogP contribution in [0.3, 0.4) is 0 Å². The average Bonchev–Trinajstić information content (AvgIpc) is 3.08. The molecule has 2 unspecified atom stereocenters. The standard InChI is InChI=1S/C17H23N3O4/c1-12(2)20-10-14(8-19-20)16(22)15(21)9-18-17(23)24-11-13-6-4-3-5-7-13/h3-8,10,12,15-16,21-22H,9,11H2,1-2H3,(H,18,23). The van der Waals surface area contributed by atoms with Gasteiger partial charge in [0.1, 0.15) is 18.8 Å². The summed E-state index contributed by atoms with van der Waals surface area (Å²) in [5.74, 6) is 0. The number of carbonyl (C=O) groups is 1. The molecule has 0 saturated heterocycles. The van der Waals surface area contributed by atoms with E-state index in [1.807, 2.05) is 44.2 Å². The Bertz CT molecular complexity index is 642. The summed E-state index contributed by atoms with van der Waals surface area (Å²) >= 11 is 0. The molecule has 1 aromatic heterocycles. The fourth-order valence-electron chi connectivity index (χ4n) is 2.08. The molecular formula is C17H23N3O4. The number of rotatable bonds is 7. The van der Waals surface area contributed by atoms with Gasteiger partial charge in [-0.3, -0.25) is 4.68 Å². The van der Waals surface area contributed by atoms with Gasteiger partial charge in [-0.05, 0) is 19.4 Å². The molecule has 7 nitrogen and oxygen atoms in total. The van der Waals surface area contributed by atoms with Crippen molar-refractivity contribution in [1.82, 2.24) is 15.1 Å². The van der Waals surface area contributed by atoms with E-state index in [1.165, 1.54) is 6.20 Å². The van der Waals surface area contributed by atoms with Crippen LogP contribution in [-0.4, -0.2) is 38.7 Å². The largest absolute Gasteiger partial charge is 0.445 e. The van der Waals surface area contributed by atoms with Gasteiger partial charge in [0.15, 0.2) is 0 Å². The zero-order valence-electron chi connectivity index (χ0n) is 13.8. The normalized spacial score (nSPS) is 13.5. The maximum Gasteiger partial charge on any atom is 0.407 e. The quantitative estimate of drug-likeness (QED) is 0.718. The number of nitrogens with zero attached hydrogens (tertiary/aromatic N) is 2. The van der Waals surface area contributed by atoms with E-state index in [1.54, 1.807) is 10.9 Å². The van der Waals surface area contributed by atoms with E-state index in [0.717, 1.165) is 5.56 Å². The van der Waals surface area contributed by atoms with Crippen LogP contribution in [0.5, 0.6) is 0 Å². The first kappa shape index (κ1) is 18.0. The lowest BCUT2D eigenvalue weighted by Gasteiger charge is -2.17. The molecule has 1 aromatic carbocycles. The predicted molar refractivity (Wildman–Crippen MR) is 88.2 cm³/mol. The molecule has 24 heavy (non-hydrogen) atoms. The van der Waals surface area contributed by atoms with Gasteiger partial charge in [-0.2, -0.15) is 5.10 Å². The second-order valence-electron chi connectivity index (χ2n) is 5.80. The Hall–Kier alpha value is -2.38. The third-order valence-electron chi connectivity index (χ3n) is 3.52. The third kappa shape index (κ3) is 5.07. The highest BCUT2D eigenvalue weighted by Gasteiger charge is 2.21. The number of amides is 1. The summed E-state index contributed by atoms with van der Waals surface area (Å²) in [6, 6.07) is 9.44. The van der Waals surface area contributed by atoms with E-state index < -0.39 is 18.3 Å². The maximum atomic E-state index is 11.6. The molecule has 0 spiro atoms. The highest BCUT2D eigenvalue weighted by Crippen LogP contribution is 2.17. The number of nitrogens with one attached hydrogen (secondary N) is 1. The maximum absolute atomic E-state index is 11.6. The molecule has 1 heterocycles. The van der Waals surface area contributed by atoms with Crippen LogP contribution >= 0.6 is 0 Å². The molecule has 2 rings (SSSR count). The summed E-state index contributed by atoms with van der Waals surface area (Å²) in [5, 5.41) is 26.7. The smallest absolute Gasteiger partial charge is 0.407 e. The van der Waals surface area contributed by atoms with E-state index in [4.69, 9.17) is 4.74 Å². The molecule has 0 fully saturated rings. The van der Waals surface area contributed by atoms with Crippen molar-refractivity contribution in [1.29, 1.82) is 0 Å². The minimum atomic E-state index is -1.15. The molecule has 2 aromatic rings. The number of carbonyl (C=O) groups excluding carboxylic acids is 1. The number of aliphatic hydroxyl groups excluding tert-OH is 2. The SMILES string of the molecule is CC(C)n1cc(C(O)C(O)CNC(=O)OCc2ccccc2)cn1. The van der Waals surface area contributed by atoms with Crippen LogP contribution in [0.4, 0.5) is 4.79 Å². The van der Waals surface area contributed by atoms with Crippen molar-refractivity contribution in [3.63, 3.8) is 0 Å². The van der Waals surface area contributed by atoms with E-state index in [9.17, 15) is 15.0 Å². The topological polar surface area (TPSA) is 96.6 Å². The van der Waals surface area contributed by atoms with E-state index >= 15 is 0 Å². The zero-order chi connectivity index (χ0) is 17.5. The fraction of sp³-hybridized carbons (Fsp3) is 0.412. The molecule has 7 heteroatoms. The van der Waals surface area contributed by atoms with Gasteiger partial charge in [-0.15, -0.1) is 0 Å². The molecule has 0 bridgehead atoms. The Morgan fingerprint density at radius 1 is 1.29 bits per heavy atom. The summed E-state index contributed by atoms with van der Waals surface area (Å²) in [7, 11) is 0. The molecular weight excluding hydrogens is 310 g/mol. The van der Waals surface area contributed by atoms with Crippen LogP contribution in [0.2, 0.25) is 0 Å². The number of aliphatic hydroxyl groups is 2. The molecule has 2 atom stereocenters. The van der Waals surface area contributed by atoms with Gasteiger partial charge in [-0.25, -0.2) is 4.79 Å². The summed E-state index contributed by atoms with van der Waals surface area (Å²) in [4.78, 5) is 11.6. The second kappa shape index (κ2) is 8.47. The lowest BCUT2D eigenvalue weighted by atomic mass is 10.1. The fourth-order valence-corrected chi connectivity index (χ4v) is 2.08. The molecule has 0 aliphatic rings. The number of benzene rings is 1. The van der Waals surface area contributed by atoms with Crippen molar-refractivity contribution in [2.75, 3.05) is 6.54 Å².